The molecule has 10 nitrogen and oxygen atoms in total. The second-order valence-electron chi connectivity index (χ2n) is 11.7. The lowest BCUT2D eigenvalue weighted by Crippen LogP contribution is -2.37. The Morgan fingerprint density at radius 3 is 2.46 bits per heavy atom. The van der Waals surface area contributed by atoms with Crippen LogP contribution in [0.4, 0.5) is 23.4 Å². The van der Waals surface area contributed by atoms with E-state index in [0.717, 1.165) is 24.0 Å². The number of aryl methyl sites for hydroxylation is 1. The van der Waals surface area contributed by atoms with E-state index in [2.05, 4.69) is 10.1 Å². The topological polar surface area (TPSA) is 130 Å². The average molecular weight is 686 g/mol. The van der Waals surface area contributed by atoms with Crippen LogP contribution in [-0.4, -0.2) is 65.6 Å². The molecule has 1 aliphatic carbocycles. The number of rotatable bonds is 10. The van der Waals surface area contributed by atoms with E-state index < -0.39 is 40.4 Å². The number of carbonyl (C=O) groups is 1. The Hall–Kier alpha value is -4.76. The maximum Gasteiger partial charge on any atom is 0.272 e. The fourth-order valence-corrected chi connectivity index (χ4v) is 6.89. The number of alkyl halides is 2. The quantitative estimate of drug-likeness (QED) is 0.163. The number of ether oxygens (including phenoxy) is 2. The zero-order chi connectivity index (χ0) is 34.3. The molecule has 0 radical (unpaired) electrons. The highest BCUT2D eigenvalue weighted by Crippen LogP contribution is 2.40. The Labute approximate surface area is 273 Å². The summed E-state index contributed by atoms with van der Waals surface area (Å²) < 4.78 is 91.9. The van der Waals surface area contributed by atoms with Crippen molar-refractivity contribution in [3.8, 4) is 23.1 Å². The molecule has 0 unspecified atom stereocenters. The molecule has 1 fully saturated rings. The number of piperidine rings is 1. The van der Waals surface area contributed by atoms with E-state index in [4.69, 9.17) is 15.2 Å². The number of hydrogen-bond acceptors (Lipinski definition) is 8. The van der Waals surface area contributed by atoms with Gasteiger partial charge in [-0.15, -0.1) is 0 Å². The van der Waals surface area contributed by atoms with Gasteiger partial charge in [0.1, 0.15) is 18.2 Å². The van der Waals surface area contributed by atoms with Crippen LogP contribution in [0.2, 0.25) is 0 Å². The van der Waals surface area contributed by atoms with Crippen LogP contribution in [0, 0.1) is 18.6 Å². The van der Waals surface area contributed by atoms with Crippen molar-refractivity contribution in [1.29, 1.82) is 0 Å². The molecule has 1 aliphatic heterocycles. The van der Waals surface area contributed by atoms with Gasteiger partial charge in [0.25, 0.3) is 6.43 Å². The molecule has 0 saturated carbocycles. The molecule has 4 aromatic rings. The van der Waals surface area contributed by atoms with E-state index in [0.29, 0.717) is 53.9 Å². The van der Waals surface area contributed by atoms with Gasteiger partial charge in [-0.3, -0.25) is 4.79 Å². The molecule has 6 rings (SSSR count). The third-order valence-corrected chi connectivity index (χ3v) is 9.77. The molecule has 48 heavy (non-hydrogen) atoms. The summed E-state index contributed by atoms with van der Waals surface area (Å²) in [5.74, 6) is -2.61. The third kappa shape index (κ3) is 6.65. The molecule has 1 saturated heterocycles. The molecule has 0 spiro atoms. The number of sulfonamides is 1. The van der Waals surface area contributed by atoms with E-state index in [1.807, 2.05) is 6.07 Å². The first-order valence-electron chi connectivity index (χ1n) is 15.0. The Morgan fingerprint density at radius 1 is 1.10 bits per heavy atom. The maximum absolute atomic E-state index is 14.1. The lowest BCUT2D eigenvalue weighted by molar-refractivity contribution is 0.0810. The van der Waals surface area contributed by atoms with Gasteiger partial charge in [-0.25, -0.2) is 40.0 Å². The molecule has 0 amide bonds. The molecule has 2 aliphatic rings. The van der Waals surface area contributed by atoms with Crippen molar-refractivity contribution in [2.75, 3.05) is 31.7 Å². The van der Waals surface area contributed by atoms with Gasteiger partial charge in [0.15, 0.2) is 17.4 Å². The van der Waals surface area contributed by atoms with Crippen LogP contribution in [0.25, 0.3) is 11.8 Å². The van der Waals surface area contributed by atoms with Crippen molar-refractivity contribution in [3.05, 3.63) is 93.8 Å². The summed E-state index contributed by atoms with van der Waals surface area (Å²) in [5, 5.41) is 4.29. The number of aromatic nitrogens is 3. The minimum absolute atomic E-state index is 0.0369. The van der Waals surface area contributed by atoms with Crippen molar-refractivity contribution < 1.29 is 40.2 Å². The predicted octanol–water partition coefficient (Wildman–Crippen LogP) is 5.83. The highest BCUT2D eigenvalue weighted by atomic mass is 32.2. The number of para-hydroxylation sites is 1. The van der Waals surface area contributed by atoms with E-state index in [1.165, 1.54) is 33.5 Å². The Balaban J connectivity index is 1.22. The molecule has 0 bridgehead atoms. The van der Waals surface area contributed by atoms with Crippen LogP contribution in [0.15, 0.2) is 54.4 Å². The van der Waals surface area contributed by atoms with Gasteiger partial charge in [-0.2, -0.15) is 5.10 Å². The second-order valence-corrected chi connectivity index (χ2v) is 13.7. The fraction of sp³-hybridized carbons (Fsp3) is 0.303. The number of nitrogens with zero attached hydrogens (tertiary/aromatic N) is 4. The standard InChI is InChI=1S/C33H31F4N5O5S/c1-18-10-30(47-32-25(34)4-3-5-26(32)35)39-16-27(18)42-33(38)24(15-40-42)31(43)22-11-20-13-23(19-6-8-41(9-7-19)48(2,44)45)28(14-21(20)12-22)46-17-29(36)37/h3-5,10,12-16,19,29H,6-9,11,17,38H2,1-2H3. The number of ketones is 1. The molecular formula is C33H31F4N5O5S. The lowest BCUT2D eigenvalue weighted by Gasteiger charge is -2.31. The van der Waals surface area contributed by atoms with Crippen LogP contribution < -0.4 is 15.2 Å². The maximum atomic E-state index is 14.1. The molecule has 252 valence electrons. The van der Waals surface area contributed by atoms with Gasteiger partial charge in [0, 0.05) is 31.1 Å². The number of benzene rings is 2. The molecule has 0 atom stereocenters. The zero-order valence-corrected chi connectivity index (χ0v) is 26.7. The molecular weight excluding hydrogens is 654 g/mol. The van der Waals surface area contributed by atoms with Crippen LogP contribution >= 0.6 is 0 Å². The summed E-state index contributed by atoms with van der Waals surface area (Å²) in [6.07, 6.45) is 4.06. The van der Waals surface area contributed by atoms with Gasteiger partial charge in [-0.1, -0.05) is 12.1 Å². The number of fused-ring (bicyclic) bond motifs is 1. The summed E-state index contributed by atoms with van der Waals surface area (Å²) in [6.45, 7) is 1.49. The first-order valence-corrected chi connectivity index (χ1v) is 16.9. The first kappa shape index (κ1) is 33.2. The number of carbonyl (C=O) groups excluding carboxylic acids is 1. The number of anilines is 1. The fourth-order valence-electron chi connectivity index (χ4n) is 6.01. The number of pyridine rings is 1. The van der Waals surface area contributed by atoms with Crippen molar-refractivity contribution in [3.63, 3.8) is 0 Å². The van der Waals surface area contributed by atoms with Gasteiger partial charge < -0.3 is 15.2 Å². The molecule has 15 heteroatoms. The monoisotopic (exact) mass is 685 g/mol. The Morgan fingerprint density at radius 2 is 1.81 bits per heavy atom. The van der Waals surface area contributed by atoms with Crippen molar-refractivity contribution >= 4 is 27.7 Å². The third-order valence-electron chi connectivity index (χ3n) is 8.46. The van der Waals surface area contributed by atoms with Crippen LogP contribution in [0.3, 0.4) is 0 Å². The van der Waals surface area contributed by atoms with E-state index >= 15 is 0 Å². The molecule has 2 aromatic carbocycles. The largest absolute Gasteiger partial charge is 0.487 e. The summed E-state index contributed by atoms with van der Waals surface area (Å²) in [4.78, 5) is 17.8. The summed E-state index contributed by atoms with van der Waals surface area (Å²) in [6, 6.07) is 8.30. The van der Waals surface area contributed by atoms with Crippen molar-refractivity contribution in [1.82, 2.24) is 19.1 Å². The SMILES string of the molecule is Cc1cc(Oc2c(F)cccc2F)ncc1-n1ncc(C(=O)C2=Cc3cc(OCC(F)F)c(C4CCN(S(C)(=O)=O)CC4)cc3C2)c1N. The highest BCUT2D eigenvalue weighted by molar-refractivity contribution is 7.88. The first-order chi connectivity index (χ1) is 22.8. The number of Topliss-reactive ketones (excluding diaryl/α,β-unsaturated/α-hetero) is 1. The molecule has 2 N–H and O–H groups in total. The summed E-state index contributed by atoms with van der Waals surface area (Å²) in [5.41, 5.74) is 10.0. The van der Waals surface area contributed by atoms with Gasteiger partial charge in [0.2, 0.25) is 21.7 Å². The number of halogens is 4. The minimum atomic E-state index is -3.35. The number of hydrogen-bond donors (Lipinski definition) is 1. The van der Waals surface area contributed by atoms with Crippen LogP contribution in [0.1, 0.15) is 51.4 Å². The molecule has 3 heterocycles. The zero-order valence-electron chi connectivity index (χ0n) is 25.9. The smallest absolute Gasteiger partial charge is 0.272 e. The Bertz CT molecular complexity index is 2020. The van der Waals surface area contributed by atoms with Crippen LogP contribution in [-0.2, 0) is 16.4 Å². The van der Waals surface area contributed by atoms with E-state index in [1.54, 1.807) is 19.1 Å². The average Bonchev–Trinajstić information content (AvgIpc) is 3.63. The summed E-state index contributed by atoms with van der Waals surface area (Å²) >= 11 is 0. The van der Waals surface area contributed by atoms with Gasteiger partial charge >= 0.3 is 0 Å². The second kappa shape index (κ2) is 13.0. The van der Waals surface area contributed by atoms with Gasteiger partial charge in [0.05, 0.1) is 29.9 Å². The van der Waals surface area contributed by atoms with Gasteiger partial charge in [-0.05, 0) is 72.2 Å². The summed E-state index contributed by atoms with van der Waals surface area (Å²) in [7, 11) is -3.35. The highest BCUT2D eigenvalue weighted by Gasteiger charge is 2.31. The lowest BCUT2D eigenvalue weighted by atomic mass is 9.87. The van der Waals surface area contributed by atoms with E-state index in [9.17, 15) is 30.8 Å². The van der Waals surface area contributed by atoms with Crippen molar-refractivity contribution in [2.24, 2.45) is 0 Å². The normalized spacial score (nSPS) is 15.4. The van der Waals surface area contributed by atoms with Crippen molar-refractivity contribution in [2.45, 2.75) is 38.5 Å². The number of nitrogen functional groups attached to an aromatic ring is 1. The van der Waals surface area contributed by atoms with Crippen LogP contribution in [0.5, 0.6) is 17.4 Å². The Kier molecular flexibility index (Phi) is 9.00. The number of allylic oxidation sites excluding steroid dienone is 1. The predicted molar refractivity (Wildman–Crippen MR) is 169 cm³/mol. The van der Waals surface area contributed by atoms with E-state index in [-0.39, 0.29) is 41.1 Å². The minimum Gasteiger partial charge on any atom is -0.487 e. The molecule has 2 aromatic heterocycles. The number of nitrogens with two attached hydrogens (primary N) is 1.